The highest BCUT2D eigenvalue weighted by atomic mass is 32.2. The highest BCUT2D eigenvalue weighted by Gasteiger charge is 2.38. The largest absolute Gasteiger partial charge is 0.347 e. The average molecular weight is 437 g/mol. The van der Waals surface area contributed by atoms with Crippen LogP contribution in [0.4, 0.5) is 0 Å². The van der Waals surface area contributed by atoms with E-state index in [-0.39, 0.29) is 11.8 Å². The Balaban J connectivity index is 1.87. The molecule has 0 aromatic heterocycles. The maximum Gasteiger partial charge on any atom is 0.257 e. The third-order valence-electron chi connectivity index (χ3n) is 5.94. The number of rotatable bonds is 7. The third-order valence-corrected chi connectivity index (χ3v) is 7.32. The van der Waals surface area contributed by atoms with Crippen molar-refractivity contribution in [2.45, 2.75) is 89.2 Å². The Kier molecular flexibility index (Phi) is 6.97. The van der Waals surface area contributed by atoms with Crippen molar-refractivity contribution in [3.63, 3.8) is 0 Å². The van der Waals surface area contributed by atoms with E-state index < -0.39 is 15.8 Å². The number of hydrazine groups is 1. The first-order valence-corrected chi connectivity index (χ1v) is 12.5. The fourth-order valence-corrected chi connectivity index (χ4v) is 5.64. The van der Waals surface area contributed by atoms with E-state index in [1.54, 1.807) is 0 Å². The maximum absolute atomic E-state index is 13.4. The summed E-state index contributed by atoms with van der Waals surface area (Å²) in [5.41, 5.74) is 6.70. The van der Waals surface area contributed by atoms with Gasteiger partial charge in [-0.2, -0.15) is 0 Å². The van der Waals surface area contributed by atoms with Gasteiger partial charge in [0.25, 0.3) is 10.0 Å². The van der Waals surface area contributed by atoms with Crippen molar-refractivity contribution in [3.05, 3.63) is 40.6 Å². The number of hydrogen-bond acceptors (Lipinski definition) is 5. The van der Waals surface area contributed by atoms with E-state index in [2.05, 4.69) is 24.1 Å². The van der Waals surface area contributed by atoms with Gasteiger partial charge in [0.05, 0.1) is 18.1 Å². The lowest BCUT2D eigenvalue weighted by Gasteiger charge is -2.31. The molecular weight excluding hydrogens is 400 g/mol. The Morgan fingerprint density at radius 2 is 1.50 bits per heavy atom. The molecule has 0 radical (unpaired) electrons. The first-order chi connectivity index (χ1) is 14.0. The molecule has 6 nitrogen and oxygen atoms in total. The Morgan fingerprint density at radius 3 is 1.93 bits per heavy atom. The highest BCUT2D eigenvalue weighted by Crippen LogP contribution is 2.36. The minimum absolute atomic E-state index is 0.0955. The van der Waals surface area contributed by atoms with Gasteiger partial charge in [-0.1, -0.05) is 59.8 Å². The number of allylic oxidation sites excluding steroid dienone is 1. The molecule has 0 amide bonds. The van der Waals surface area contributed by atoms with Crippen LogP contribution in [0.15, 0.2) is 28.8 Å². The smallest absolute Gasteiger partial charge is 0.257 e. The fraction of sp³-hybridized carbons (Fsp3) is 0.652. The molecule has 1 fully saturated rings. The van der Waals surface area contributed by atoms with Crippen LogP contribution in [0.25, 0.3) is 0 Å². The second kappa shape index (κ2) is 8.99. The summed E-state index contributed by atoms with van der Waals surface area (Å²) in [4.78, 5) is 3.04. The molecule has 0 saturated carbocycles. The quantitative estimate of drug-likeness (QED) is 0.609. The number of benzene rings is 1. The van der Waals surface area contributed by atoms with Crippen molar-refractivity contribution in [2.75, 3.05) is 13.2 Å². The summed E-state index contributed by atoms with van der Waals surface area (Å²) in [6.07, 6.45) is 3.97. The minimum atomic E-state index is -3.75. The molecule has 30 heavy (non-hydrogen) atoms. The molecule has 2 N–H and O–H groups in total. The molecule has 1 aliphatic carbocycles. The maximum atomic E-state index is 13.4. The Morgan fingerprint density at radius 1 is 0.933 bits per heavy atom. The topological polar surface area (TPSA) is 76.7 Å². The van der Waals surface area contributed by atoms with Crippen LogP contribution in [-0.2, 0) is 19.5 Å². The summed E-state index contributed by atoms with van der Waals surface area (Å²) in [7, 11) is -3.75. The molecule has 0 unspecified atom stereocenters. The molecule has 3 rings (SSSR count). The molecule has 1 saturated heterocycles. The van der Waals surface area contributed by atoms with Gasteiger partial charge < -0.3 is 14.9 Å². The lowest BCUT2D eigenvalue weighted by Crippen LogP contribution is -2.40. The summed E-state index contributed by atoms with van der Waals surface area (Å²) < 4.78 is 38.3. The summed E-state index contributed by atoms with van der Waals surface area (Å²) in [6.45, 7) is 13.7. The van der Waals surface area contributed by atoms with Crippen LogP contribution in [-0.4, -0.2) is 27.4 Å². The van der Waals surface area contributed by atoms with Crippen molar-refractivity contribution >= 4 is 10.0 Å². The normalized spacial score (nSPS) is 19.2. The molecule has 1 heterocycles. The molecule has 168 valence electrons. The Bertz CT molecular complexity index is 869. The number of ether oxygens (including phenoxy) is 2. The summed E-state index contributed by atoms with van der Waals surface area (Å²) in [5, 5.41) is 0. The average Bonchev–Trinajstić information content (AvgIpc) is 3.14. The zero-order chi connectivity index (χ0) is 22.1. The van der Waals surface area contributed by atoms with Crippen LogP contribution in [0.2, 0.25) is 0 Å². The molecular formula is C23H36N2O4S. The Hall–Kier alpha value is -1.41. The van der Waals surface area contributed by atoms with Crippen molar-refractivity contribution in [3.8, 4) is 0 Å². The lowest BCUT2D eigenvalue weighted by molar-refractivity contribution is -0.161. The van der Waals surface area contributed by atoms with Gasteiger partial charge in [-0.15, -0.1) is 4.83 Å². The van der Waals surface area contributed by atoms with E-state index in [0.29, 0.717) is 43.3 Å². The Labute approximate surface area is 181 Å². The van der Waals surface area contributed by atoms with E-state index in [1.807, 2.05) is 45.9 Å². The van der Waals surface area contributed by atoms with E-state index in [9.17, 15) is 8.42 Å². The second-order valence-corrected chi connectivity index (χ2v) is 10.9. The monoisotopic (exact) mass is 436 g/mol. The van der Waals surface area contributed by atoms with Crippen LogP contribution in [0.3, 0.4) is 0 Å². The number of hydrogen-bond donors (Lipinski definition) is 2. The van der Waals surface area contributed by atoms with Gasteiger partial charge >= 0.3 is 0 Å². The van der Waals surface area contributed by atoms with Gasteiger partial charge in [-0.3, -0.25) is 0 Å². The van der Waals surface area contributed by atoms with Gasteiger partial charge in [0, 0.05) is 18.5 Å². The predicted octanol–water partition coefficient (Wildman–Crippen LogP) is 4.65. The van der Waals surface area contributed by atoms with Crippen LogP contribution in [0.1, 0.15) is 95.2 Å². The van der Waals surface area contributed by atoms with Crippen molar-refractivity contribution in [1.29, 1.82) is 0 Å². The number of sulfonamides is 1. The van der Waals surface area contributed by atoms with E-state index in [4.69, 9.17) is 9.47 Å². The molecule has 0 atom stereocenters. The van der Waals surface area contributed by atoms with Crippen LogP contribution < -0.4 is 10.3 Å². The number of nitrogens with one attached hydrogen (secondary N) is 2. The van der Waals surface area contributed by atoms with Gasteiger partial charge in [-0.05, 0) is 40.9 Å². The molecule has 7 heteroatoms. The SMILES string of the molecule is CC(C)c1cc(C(C)C)c(S(=O)(=O)NNC2=CCC3(CC2)OCCO3)c(C(C)C)c1. The van der Waals surface area contributed by atoms with Gasteiger partial charge in [0.2, 0.25) is 0 Å². The summed E-state index contributed by atoms with van der Waals surface area (Å²) in [5.74, 6) is 0.00535. The standard InChI is InChI=1S/C23H36N2O4S/c1-15(2)18-13-20(16(3)4)22(21(14-18)17(5)6)30(26,27)25-24-19-7-9-23(10-8-19)28-11-12-29-23/h7,13-17,24-25H,8-12H2,1-6H3. The van der Waals surface area contributed by atoms with Gasteiger partial charge in [-0.25, -0.2) is 8.42 Å². The van der Waals surface area contributed by atoms with Gasteiger partial charge in [0.1, 0.15) is 0 Å². The molecule has 2 aliphatic rings. The molecule has 1 spiro atoms. The third kappa shape index (κ3) is 4.90. The minimum Gasteiger partial charge on any atom is -0.347 e. The van der Waals surface area contributed by atoms with Crippen molar-refractivity contribution in [2.24, 2.45) is 0 Å². The fourth-order valence-electron chi connectivity index (χ4n) is 4.06. The van der Waals surface area contributed by atoms with Crippen LogP contribution in [0, 0.1) is 0 Å². The first kappa shape index (κ1) is 23.3. The zero-order valence-corrected chi connectivity index (χ0v) is 19.9. The van der Waals surface area contributed by atoms with Crippen LogP contribution >= 0.6 is 0 Å². The summed E-state index contributed by atoms with van der Waals surface area (Å²) in [6, 6.07) is 4.10. The molecule has 1 aromatic carbocycles. The van der Waals surface area contributed by atoms with E-state index >= 15 is 0 Å². The van der Waals surface area contributed by atoms with Gasteiger partial charge in [0.15, 0.2) is 5.79 Å². The molecule has 1 aliphatic heterocycles. The molecule has 1 aromatic rings. The van der Waals surface area contributed by atoms with E-state index in [0.717, 1.165) is 16.8 Å². The highest BCUT2D eigenvalue weighted by molar-refractivity contribution is 7.89. The van der Waals surface area contributed by atoms with Crippen LogP contribution in [0.5, 0.6) is 0 Å². The van der Waals surface area contributed by atoms with Crippen molar-refractivity contribution in [1.82, 2.24) is 10.3 Å². The molecule has 0 bridgehead atoms. The zero-order valence-electron chi connectivity index (χ0n) is 19.0. The van der Waals surface area contributed by atoms with E-state index in [1.165, 1.54) is 5.56 Å². The predicted molar refractivity (Wildman–Crippen MR) is 119 cm³/mol. The lowest BCUT2D eigenvalue weighted by atomic mass is 9.89. The van der Waals surface area contributed by atoms with Crippen molar-refractivity contribution < 1.29 is 17.9 Å². The second-order valence-electron chi connectivity index (χ2n) is 9.26. The summed E-state index contributed by atoms with van der Waals surface area (Å²) >= 11 is 0. The first-order valence-electron chi connectivity index (χ1n) is 11.0.